The van der Waals surface area contributed by atoms with Crippen molar-refractivity contribution < 1.29 is 14.6 Å². The maximum absolute atomic E-state index is 11.2. The first-order valence-electron chi connectivity index (χ1n) is 11.0. The fraction of sp³-hybridized carbons (Fsp3) is 0.185. The van der Waals surface area contributed by atoms with E-state index in [2.05, 4.69) is 37.4 Å². The number of fused-ring (bicyclic) bond motifs is 1. The average molecular weight is 468 g/mol. The molecule has 176 valence electrons. The van der Waals surface area contributed by atoms with E-state index < -0.39 is 6.04 Å². The van der Waals surface area contributed by atoms with Crippen molar-refractivity contribution in [3.05, 3.63) is 77.9 Å². The molecular formula is C27H25N5O3. The highest BCUT2D eigenvalue weighted by molar-refractivity contribution is 5.91. The summed E-state index contributed by atoms with van der Waals surface area (Å²) in [5.41, 5.74) is 4.21. The first-order chi connectivity index (χ1) is 16.9. The zero-order chi connectivity index (χ0) is 24.8. The second-order valence-electron chi connectivity index (χ2n) is 8.00. The minimum Gasteiger partial charge on any atom is -0.455 e. The van der Waals surface area contributed by atoms with Gasteiger partial charge in [-0.15, -0.1) is 0 Å². The third-order valence-electron chi connectivity index (χ3n) is 5.14. The number of carbonyl (C=O) groups excluding carboxylic acids is 1. The highest BCUT2D eigenvalue weighted by Gasteiger charge is 2.09. The predicted molar refractivity (Wildman–Crippen MR) is 135 cm³/mol. The van der Waals surface area contributed by atoms with Crippen LogP contribution in [-0.2, 0) is 4.79 Å². The summed E-state index contributed by atoms with van der Waals surface area (Å²) in [6.45, 7) is 5.02. The number of aliphatic hydroxyl groups is 1. The monoisotopic (exact) mass is 467 g/mol. The second-order valence-corrected chi connectivity index (χ2v) is 8.00. The fourth-order valence-electron chi connectivity index (χ4n) is 3.40. The molecule has 0 saturated carbocycles. The van der Waals surface area contributed by atoms with Crippen molar-refractivity contribution in [1.29, 1.82) is 0 Å². The molecular weight excluding hydrogens is 442 g/mol. The zero-order valence-corrected chi connectivity index (χ0v) is 19.7. The van der Waals surface area contributed by atoms with Crippen molar-refractivity contribution in [1.82, 2.24) is 20.3 Å². The minimum absolute atomic E-state index is 0.251. The summed E-state index contributed by atoms with van der Waals surface area (Å²) in [5, 5.41) is 16.2. The Bertz CT molecular complexity index is 1420. The van der Waals surface area contributed by atoms with Gasteiger partial charge < -0.3 is 20.5 Å². The van der Waals surface area contributed by atoms with Crippen molar-refractivity contribution >= 4 is 28.3 Å². The van der Waals surface area contributed by atoms with Gasteiger partial charge in [-0.05, 0) is 67.9 Å². The van der Waals surface area contributed by atoms with Gasteiger partial charge in [0, 0.05) is 29.3 Å². The van der Waals surface area contributed by atoms with Gasteiger partial charge in [-0.25, -0.2) is 9.97 Å². The third kappa shape index (κ3) is 6.10. The normalized spacial score (nSPS) is 11.3. The number of carbonyl (C=O) groups is 1. The van der Waals surface area contributed by atoms with E-state index in [1.807, 2.05) is 62.4 Å². The quantitative estimate of drug-likeness (QED) is 0.367. The van der Waals surface area contributed by atoms with Gasteiger partial charge >= 0.3 is 0 Å². The molecule has 2 aromatic heterocycles. The van der Waals surface area contributed by atoms with E-state index in [1.54, 1.807) is 6.20 Å². The first kappa shape index (κ1) is 23.7. The van der Waals surface area contributed by atoms with Crippen LogP contribution in [0.25, 0.3) is 10.9 Å². The van der Waals surface area contributed by atoms with Crippen LogP contribution in [0.5, 0.6) is 11.5 Å². The topological polar surface area (TPSA) is 109 Å². The Labute approximate surface area is 203 Å². The molecule has 4 rings (SSSR count). The van der Waals surface area contributed by atoms with Gasteiger partial charge in [-0.3, -0.25) is 9.78 Å². The lowest BCUT2D eigenvalue weighted by Crippen LogP contribution is -2.34. The van der Waals surface area contributed by atoms with Crippen LogP contribution in [-0.4, -0.2) is 38.6 Å². The molecule has 0 spiro atoms. The van der Waals surface area contributed by atoms with Crippen LogP contribution in [0.4, 0.5) is 11.5 Å². The molecule has 0 fully saturated rings. The Kier molecular flexibility index (Phi) is 7.19. The van der Waals surface area contributed by atoms with Crippen molar-refractivity contribution in [2.75, 3.05) is 11.9 Å². The molecule has 0 saturated heterocycles. The summed E-state index contributed by atoms with van der Waals surface area (Å²) in [7, 11) is 0. The van der Waals surface area contributed by atoms with Crippen LogP contribution in [0.15, 0.2) is 61.1 Å². The van der Waals surface area contributed by atoms with E-state index in [1.165, 1.54) is 13.3 Å². The number of benzene rings is 2. The molecule has 0 bridgehead atoms. The van der Waals surface area contributed by atoms with Crippen LogP contribution < -0.4 is 15.4 Å². The number of aromatic nitrogens is 3. The number of nitrogens with one attached hydrogen (secondary N) is 2. The number of ether oxygens (including phenoxy) is 1. The van der Waals surface area contributed by atoms with E-state index >= 15 is 0 Å². The molecule has 8 nitrogen and oxygen atoms in total. The number of nitrogens with zero attached hydrogens (tertiary/aromatic N) is 3. The molecule has 2 aromatic carbocycles. The highest BCUT2D eigenvalue weighted by Crippen LogP contribution is 2.29. The number of hydrogen-bond acceptors (Lipinski definition) is 7. The van der Waals surface area contributed by atoms with Crippen LogP contribution in [0, 0.1) is 25.7 Å². The lowest BCUT2D eigenvalue weighted by Gasteiger charge is -2.12. The minimum atomic E-state index is -0.632. The van der Waals surface area contributed by atoms with E-state index in [0.717, 1.165) is 33.6 Å². The summed E-state index contributed by atoms with van der Waals surface area (Å²) in [6.07, 6.45) is 3.21. The molecule has 8 heteroatoms. The van der Waals surface area contributed by atoms with E-state index in [-0.39, 0.29) is 12.5 Å². The number of pyridine rings is 1. The number of hydrogen-bond donors (Lipinski definition) is 3. The van der Waals surface area contributed by atoms with Gasteiger partial charge in [-0.1, -0.05) is 11.8 Å². The van der Waals surface area contributed by atoms with Crippen molar-refractivity contribution in [3.8, 4) is 23.3 Å². The third-order valence-corrected chi connectivity index (χ3v) is 5.14. The van der Waals surface area contributed by atoms with Crippen LogP contribution >= 0.6 is 0 Å². The van der Waals surface area contributed by atoms with E-state index in [4.69, 9.17) is 4.74 Å². The molecule has 0 aliphatic rings. The molecule has 1 atom stereocenters. The molecule has 0 radical (unpaired) electrons. The van der Waals surface area contributed by atoms with Crippen molar-refractivity contribution in [3.63, 3.8) is 0 Å². The van der Waals surface area contributed by atoms with E-state index in [0.29, 0.717) is 17.1 Å². The van der Waals surface area contributed by atoms with Gasteiger partial charge in [-0.2, -0.15) is 0 Å². The molecule has 35 heavy (non-hydrogen) atoms. The summed E-state index contributed by atoms with van der Waals surface area (Å²) in [6, 6.07) is 14.5. The lowest BCUT2D eigenvalue weighted by molar-refractivity contribution is -0.119. The second kappa shape index (κ2) is 10.6. The average Bonchev–Trinajstić information content (AvgIpc) is 2.84. The summed E-state index contributed by atoms with van der Waals surface area (Å²) < 4.78 is 5.96. The smallest absolute Gasteiger partial charge is 0.217 e. The molecule has 1 unspecified atom stereocenters. The molecule has 4 aromatic rings. The van der Waals surface area contributed by atoms with Crippen LogP contribution in [0.2, 0.25) is 0 Å². The van der Waals surface area contributed by atoms with Gasteiger partial charge in [0.25, 0.3) is 0 Å². The van der Waals surface area contributed by atoms with E-state index in [9.17, 15) is 9.90 Å². The summed E-state index contributed by atoms with van der Waals surface area (Å²) >= 11 is 0. The molecule has 1 amide bonds. The van der Waals surface area contributed by atoms with Gasteiger partial charge in [0.15, 0.2) is 0 Å². The fourth-order valence-corrected chi connectivity index (χ4v) is 3.40. The van der Waals surface area contributed by atoms with Gasteiger partial charge in [0.05, 0.1) is 18.3 Å². The summed E-state index contributed by atoms with van der Waals surface area (Å²) in [5.74, 6) is 7.67. The largest absolute Gasteiger partial charge is 0.455 e. The Morgan fingerprint density at radius 2 is 1.94 bits per heavy atom. The zero-order valence-electron chi connectivity index (χ0n) is 19.7. The lowest BCUT2D eigenvalue weighted by atomic mass is 10.1. The Morgan fingerprint density at radius 1 is 1.09 bits per heavy atom. The van der Waals surface area contributed by atoms with Gasteiger partial charge in [0.2, 0.25) is 5.91 Å². The number of aliphatic hydroxyl groups excluding tert-OH is 1. The molecule has 3 N–H and O–H groups in total. The number of rotatable bonds is 6. The van der Waals surface area contributed by atoms with Crippen molar-refractivity contribution in [2.45, 2.75) is 26.8 Å². The SMILES string of the molecule is CC(=O)NC(C#Cc1ccc2ncnc(Nc3ccc(Oc4ccc(C)nc4)c(C)c3)c2c1)CO. The van der Waals surface area contributed by atoms with Crippen LogP contribution in [0.1, 0.15) is 23.7 Å². The highest BCUT2D eigenvalue weighted by atomic mass is 16.5. The molecule has 0 aliphatic carbocycles. The molecule has 2 heterocycles. The standard InChI is InChI=1S/C27H25N5O3/c1-17-12-21(8-11-26(17)35-23-9-4-18(2)28-14-23)32-27-24-13-20(6-10-25(24)29-16-30-27)5-7-22(15-33)31-19(3)34/h4,6,8-14,16,22,33H,15H2,1-3H3,(H,31,34)(H,29,30,32). The Hall–Kier alpha value is -4.48. The number of aryl methyl sites for hydroxylation is 2. The number of amides is 1. The van der Waals surface area contributed by atoms with Gasteiger partial charge in [0.1, 0.15) is 29.7 Å². The number of anilines is 2. The maximum atomic E-state index is 11.2. The summed E-state index contributed by atoms with van der Waals surface area (Å²) in [4.78, 5) is 24.3. The Balaban J connectivity index is 1.57. The van der Waals surface area contributed by atoms with Crippen molar-refractivity contribution in [2.24, 2.45) is 0 Å². The predicted octanol–water partition coefficient (Wildman–Crippen LogP) is 4.03. The molecule has 0 aliphatic heterocycles. The maximum Gasteiger partial charge on any atom is 0.217 e. The van der Waals surface area contributed by atoms with Crippen LogP contribution in [0.3, 0.4) is 0 Å². The first-order valence-corrected chi connectivity index (χ1v) is 11.0. The Morgan fingerprint density at radius 3 is 2.66 bits per heavy atom.